The molecular formula is C23H29ClN2O5. The van der Waals surface area contributed by atoms with E-state index in [0.717, 1.165) is 0 Å². The van der Waals surface area contributed by atoms with Gasteiger partial charge in [0.15, 0.2) is 0 Å². The number of amides is 1. The molecule has 1 amide bonds. The molecule has 0 aliphatic heterocycles. The molecule has 7 nitrogen and oxygen atoms in total. The number of aliphatic hydroxyl groups is 1. The quantitative estimate of drug-likeness (QED) is 0.412. The number of carbonyl (C=O) groups excluding carboxylic acids is 2. The summed E-state index contributed by atoms with van der Waals surface area (Å²) in [7, 11) is 0. The molecule has 1 atom stereocenters. The van der Waals surface area contributed by atoms with Crippen LogP contribution in [0.25, 0.3) is 0 Å². The summed E-state index contributed by atoms with van der Waals surface area (Å²) in [5, 5.41) is 17.0. The lowest BCUT2D eigenvalue weighted by Crippen LogP contribution is -2.49. The lowest BCUT2D eigenvalue weighted by Gasteiger charge is -2.30. The van der Waals surface area contributed by atoms with E-state index in [-0.39, 0.29) is 35.9 Å². The molecule has 8 heteroatoms. The second-order valence-corrected chi connectivity index (χ2v) is 8.71. The second-order valence-electron chi connectivity index (χ2n) is 8.27. The maximum absolute atomic E-state index is 12.5. The highest BCUT2D eigenvalue weighted by Crippen LogP contribution is 2.27. The van der Waals surface area contributed by atoms with Crippen molar-refractivity contribution in [1.29, 1.82) is 0 Å². The Labute approximate surface area is 187 Å². The zero-order chi connectivity index (χ0) is 23.2. The standard InChI is InChI=1S/C23H29ClN2O5/c1-6-30-21(28)18-13-17(26-20(27)15-7-9-16(24)10-8-15)11-12-19(18)31-23(5,29)14-25-22(2,3)4/h7-13,25,29H,6,14H2,1-5H3,(H,26,27). The van der Waals surface area contributed by atoms with E-state index in [1.54, 1.807) is 37.3 Å². The van der Waals surface area contributed by atoms with Crippen LogP contribution in [0.2, 0.25) is 5.02 Å². The number of nitrogens with one attached hydrogen (secondary N) is 2. The molecule has 0 aliphatic rings. The Morgan fingerprint density at radius 3 is 2.29 bits per heavy atom. The van der Waals surface area contributed by atoms with Crippen LogP contribution >= 0.6 is 11.6 Å². The molecule has 1 unspecified atom stereocenters. The average Bonchev–Trinajstić information content (AvgIpc) is 2.67. The number of rotatable bonds is 8. The van der Waals surface area contributed by atoms with Gasteiger partial charge in [-0.15, -0.1) is 0 Å². The Bertz CT molecular complexity index is 921. The number of esters is 1. The summed E-state index contributed by atoms with van der Waals surface area (Å²) < 4.78 is 10.8. The topological polar surface area (TPSA) is 96.9 Å². The number of hydrogen-bond acceptors (Lipinski definition) is 6. The maximum Gasteiger partial charge on any atom is 0.341 e. The Balaban J connectivity index is 2.25. The zero-order valence-electron chi connectivity index (χ0n) is 18.4. The minimum Gasteiger partial charge on any atom is -0.462 e. The minimum atomic E-state index is -1.58. The summed E-state index contributed by atoms with van der Waals surface area (Å²) in [6.07, 6.45) is 0. The van der Waals surface area contributed by atoms with Gasteiger partial charge >= 0.3 is 5.97 Å². The molecule has 0 bridgehead atoms. The highest BCUT2D eigenvalue weighted by molar-refractivity contribution is 6.30. The van der Waals surface area contributed by atoms with Crippen LogP contribution in [-0.4, -0.2) is 41.5 Å². The van der Waals surface area contributed by atoms with Crippen LogP contribution in [0.15, 0.2) is 42.5 Å². The molecule has 2 aromatic carbocycles. The van der Waals surface area contributed by atoms with Crippen molar-refractivity contribution in [1.82, 2.24) is 5.32 Å². The number of halogens is 1. The predicted molar refractivity (Wildman–Crippen MR) is 121 cm³/mol. The molecule has 0 saturated heterocycles. The highest BCUT2D eigenvalue weighted by atomic mass is 35.5. The summed E-state index contributed by atoms with van der Waals surface area (Å²) in [4.78, 5) is 25.0. The Morgan fingerprint density at radius 1 is 1.06 bits per heavy atom. The summed E-state index contributed by atoms with van der Waals surface area (Å²) in [6, 6.07) is 11.0. The number of anilines is 1. The third-order valence-corrected chi connectivity index (χ3v) is 4.37. The predicted octanol–water partition coefficient (Wildman–Crippen LogP) is 4.24. The van der Waals surface area contributed by atoms with Crippen molar-refractivity contribution in [2.75, 3.05) is 18.5 Å². The molecule has 0 aliphatic carbocycles. The molecule has 2 aromatic rings. The van der Waals surface area contributed by atoms with Gasteiger partial charge in [0.05, 0.1) is 13.2 Å². The number of β-amino-alcohol motifs (C(OH)–C–C–N with tert-alkyl or cyclic N) is 1. The first-order valence-electron chi connectivity index (χ1n) is 9.95. The molecule has 0 spiro atoms. The van der Waals surface area contributed by atoms with Crippen LogP contribution in [0.1, 0.15) is 55.3 Å². The monoisotopic (exact) mass is 448 g/mol. The van der Waals surface area contributed by atoms with Gasteiger partial charge in [-0.3, -0.25) is 4.79 Å². The first-order chi connectivity index (χ1) is 14.4. The summed E-state index contributed by atoms with van der Waals surface area (Å²) in [5.41, 5.74) is 0.654. The fraction of sp³-hybridized carbons (Fsp3) is 0.391. The smallest absolute Gasteiger partial charge is 0.341 e. The van der Waals surface area contributed by atoms with Crippen LogP contribution < -0.4 is 15.4 Å². The maximum atomic E-state index is 12.5. The molecule has 0 aromatic heterocycles. The van der Waals surface area contributed by atoms with Crippen LogP contribution in [0.3, 0.4) is 0 Å². The van der Waals surface area contributed by atoms with Gasteiger partial charge in [-0.2, -0.15) is 0 Å². The van der Waals surface area contributed by atoms with E-state index in [1.807, 2.05) is 20.8 Å². The van der Waals surface area contributed by atoms with E-state index < -0.39 is 11.8 Å². The van der Waals surface area contributed by atoms with Gasteiger partial charge in [0.1, 0.15) is 11.3 Å². The van der Waals surface area contributed by atoms with Gasteiger partial charge in [-0.1, -0.05) is 11.6 Å². The Morgan fingerprint density at radius 2 is 1.71 bits per heavy atom. The van der Waals surface area contributed by atoms with Crippen molar-refractivity contribution < 1.29 is 24.2 Å². The SMILES string of the molecule is CCOC(=O)c1cc(NC(=O)c2ccc(Cl)cc2)ccc1OC(C)(O)CNC(C)(C)C. The van der Waals surface area contributed by atoms with Gasteiger partial charge in [-0.05, 0) is 70.2 Å². The second kappa shape index (κ2) is 10.1. The van der Waals surface area contributed by atoms with Gasteiger partial charge in [0.2, 0.25) is 5.79 Å². The summed E-state index contributed by atoms with van der Waals surface area (Å²) in [6.45, 7) is 9.38. The van der Waals surface area contributed by atoms with Gasteiger partial charge < -0.3 is 25.2 Å². The molecule has 0 fully saturated rings. The fourth-order valence-corrected chi connectivity index (χ4v) is 2.70. The molecular weight excluding hydrogens is 420 g/mol. The van der Waals surface area contributed by atoms with E-state index in [9.17, 15) is 14.7 Å². The largest absolute Gasteiger partial charge is 0.462 e. The highest BCUT2D eigenvalue weighted by Gasteiger charge is 2.27. The molecule has 31 heavy (non-hydrogen) atoms. The Kier molecular flexibility index (Phi) is 8.06. The van der Waals surface area contributed by atoms with Crippen molar-refractivity contribution in [3.8, 4) is 5.75 Å². The average molecular weight is 449 g/mol. The Hall–Kier alpha value is -2.61. The normalized spacial score (nSPS) is 13.3. The molecule has 0 heterocycles. The van der Waals surface area contributed by atoms with Crippen molar-refractivity contribution >= 4 is 29.2 Å². The molecule has 168 valence electrons. The lowest BCUT2D eigenvalue weighted by atomic mass is 10.1. The molecule has 0 radical (unpaired) electrons. The summed E-state index contributed by atoms with van der Waals surface area (Å²) in [5.74, 6) is -2.42. The van der Waals surface area contributed by atoms with Crippen molar-refractivity contribution in [3.63, 3.8) is 0 Å². The van der Waals surface area contributed by atoms with Crippen LogP contribution in [0, 0.1) is 0 Å². The van der Waals surface area contributed by atoms with Crippen molar-refractivity contribution in [3.05, 3.63) is 58.6 Å². The van der Waals surface area contributed by atoms with Crippen molar-refractivity contribution in [2.45, 2.75) is 45.9 Å². The van der Waals surface area contributed by atoms with E-state index in [4.69, 9.17) is 21.1 Å². The van der Waals surface area contributed by atoms with Gasteiger partial charge in [0, 0.05) is 28.7 Å². The van der Waals surface area contributed by atoms with Gasteiger partial charge in [0.25, 0.3) is 5.91 Å². The zero-order valence-corrected chi connectivity index (χ0v) is 19.2. The molecule has 2 rings (SSSR count). The number of carbonyl (C=O) groups is 2. The molecule has 3 N–H and O–H groups in total. The van der Waals surface area contributed by atoms with E-state index >= 15 is 0 Å². The third kappa shape index (κ3) is 7.86. The first kappa shape index (κ1) is 24.7. The first-order valence-corrected chi connectivity index (χ1v) is 10.3. The van der Waals surface area contributed by atoms with Crippen LogP contribution in [0.5, 0.6) is 5.75 Å². The van der Waals surface area contributed by atoms with Crippen LogP contribution in [-0.2, 0) is 4.74 Å². The third-order valence-electron chi connectivity index (χ3n) is 4.12. The number of ether oxygens (including phenoxy) is 2. The van der Waals surface area contributed by atoms with E-state index in [0.29, 0.717) is 16.3 Å². The fourth-order valence-electron chi connectivity index (χ4n) is 2.57. The minimum absolute atomic E-state index is 0.0896. The van der Waals surface area contributed by atoms with E-state index in [2.05, 4.69) is 10.6 Å². The van der Waals surface area contributed by atoms with E-state index in [1.165, 1.54) is 19.1 Å². The van der Waals surface area contributed by atoms with Crippen molar-refractivity contribution in [2.24, 2.45) is 0 Å². The number of benzene rings is 2. The molecule has 0 saturated carbocycles. The van der Waals surface area contributed by atoms with Gasteiger partial charge in [-0.25, -0.2) is 4.79 Å². The van der Waals surface area contributed by atoms with Crippen LogP contribution in [0.4, 0.5) is 5.69 Å². The lowest BCUT2D eigenvalue weighted by molar-refractivity contribution is -0.121. The summed E-state index contributed by atoms with van der Waals surface area (Å²) >= 11 is 5.86. The number of hydrogen-bond donors (Lipinski definition) is 3.